The van der Waals surface area contributed by atoms with Gasteiger partial charge in [0, 0.05) is 13.8 Å². The Labute approximate surface area is 216 Å². The van der Waals surface area contributed by atoms with Crippen molar-refractivity contribution in [3.63, 3.8) is 0 Å². The molecule has 37 heavy (non-hydrogen) atoms. The molecule has 0 aliphatic heterocycles. The maximum Gasteiger partial charge on any atom is 0.284 e. The van der Waals surface area contributed by atoms with E-state index in [4.69, 9.17) is 0 Å². The predicted molar refractivity (Wildman–Crippen MR) is 138 cm³/mol. The summed E-state index contributed by atoms with van der Waals surface area (Å²) in [5.41, 5.74) is 0.0337. The average Bonchev–Trinajstić information content (AvgIpc) is 3.50. The van der Waals surface area contributed by atoms with Gasteiger partial charge < -0.3 is 15.7 Å². The standard InChI is InChI=1S/C26H35F2N7O2.H2/c1-15(2)16-7-9-17(10-8-16)35-14-20(23(33-35)24(27)28)31-26(37)18-13-29-34-12-11-22(32-25(18)34)30-19-5-3-4-6-21(19)36;/h11-17,19,21,24,36H,3-10H2,1-2H3,(H,30,32)(H,31,37);1H/t16?,17?,19-,21+;/m1./s1. The first kappa shape index (κ1) is 25.6. The Hall–Kier alpha value is -3.08. The van der Waals surface area contributed by atoms with E-state index in [0.29, 0.717) is 23.3 Å². The Morgan fingerprint density at radius 1 is 1.16 bits per heavy atom. The van der Waals surface area contributed by atoms with Crippen LogP contribution in [0.3, 0.4) is 0 Å². The fraction of sp³-hybridized carbons (Fsp3) is 0.615. The molecule has 5 rings (SSSR count). The van der Waals surface area contributed by atoms with E-state index in [2.05, 4.69) is 39.7 Å². The highest BCUT2D eigenvalue weighted by atomic mass is 19.3. The Kier molecular flexibility index (Phi) is 7.41. The number of amides is 1. The molecule has 11 heteroatoms. The summed E-state index contributed by atoms with van der Waals surface area (Å²) in [6.45, 7) is 4.43. The van der Waals surface area contributed by atoms with E-state index < -0.39 is 24.1 Å². The van der Waals surface area contributed by atoms with Crippen LogP contribution in [0.25, 0.3) is 5.65 Å². The van der Waals surface area contributed by atoms with Crippen LogP contribution in [0.15, 0.2) is 24.7 Å². The fourth-order valence-electron chi connectivity index (χ4n) is 5.65. The first-order chi connectivity index (χ1) is 17.8. The Bertz CT molecular complexity index is 1240. The number of hydrogen-bond acceptors (Lipinski definition) is 6. The number of fused-ring (bicyclic) bond motifs is 1. The Morgan fingerprint density at radius 2 is 1.92 bits per heavy atom. The van der Waals surface area contributed by atoms with Gasteiger partial charge in [-0.3, -0.25) is 9.48 Å². The summed E-state index contributed by atoms with van der Waals surface area (Å²) < 4.78 is 30.7. The van der Waals surface area contributed by atoms with Gasteiger partial charge in [-0.2, -0.15) is 10.2 Å². The van der Waals surface area contributed by atoms with E-state index in [0.717, 1.165) is 51.4 Å². The van der Waals surface area contributed by atoms with E-state index >= 15 is 0 Å². The zero-order chi connectivity index (χ0) is 26.1. The number of rotatable bonds is 7. The number of aromatic nitrogens is 5. The molecule has 3 aromatic heterocycles. The maximum absolute atomic E-state index is 13.8. The van der Waals surface area contributed by atoms with Gasteiger partial charge in [-0.05, 0) is 56.4 Å². The quantitative estimate of drug-likeness (QED) is 0.384. The first-order valence-electron chi connectivity index (χ1n) is 13.3. The SMILES string of the molecule is CC(C)C1CCC(n2cc(NC(=O)c3cnn4ccc(N[C@@H]5CCCC[C@@H]5O)nc34)c(C(F)F)n2)CC1.[HH]. The minimum Gasteiger partial charge on any atom is -0.391 e. The zero-order valence-corrected chi connectivity index (χ0v) is 21.3. The number of nitrogens with one attached hydrogen (secondary N) is 2. The van der Waals surface area contributed by atoms with Crippen molar-refractivity contribution in [3.8, 4) is 0 Å². The van der Waals surface area contributed by atoms with Crippen LogP contribution >= 0.6 is 0 Å². The van der Waals surface area contributed by atoms with E-state index in [9.17, 15) is 18.7 Å². The van der Waals surface area contributed by atoms with Crippen molar-refractivity contribution in [1.29, 1.82) is 0 Å². The number of carbonyl (C=O) groups is 1. The highest BCUT2D eigenvalue weighted by molar-refractivity contribution is 6.08. The molecule has 2 aliphatic rings. The van der Waals surface area contributed by atoms with Crippen LogP contribution in [-0.4, -0.2) is 47.5 Å². The molecular weight excluding hydrogens is 480 g/mol. The summed E-state index contributed by atoms with van der Waals surface area (Å²) >= 11 is 0. The number of carbonyl (C=O) groups excluding carboxylic acids is 1. The Morgan fingerprint density at radius 3 is 2.62 bits per heavy atom. The van der Waals surface area contributed by atoms with Crippen molar-refractivity contribution in [2.24, 2.45) is 11.8 Å². The molecule has 202 valence electrons. The monoisotopic (exact) mass is 517 g/mol. The number of halogens is 2. The number of alkyl halides is 2. The van der Waals surface area contributed by atoms with Gasteiger partial charge in [0.2, 0.25) is 0 Å². The lowest BCUT2D eigenvalue weighted by molar-refractivity contribution is 0.102. The molecular formula is C26H37F2N7O2. The second-order valence-corrected chi connectivity index (χ2v) is 10.7. The van der Waals surface area contributed by atoms with Crippen LogP contribution in [0, 0.1) is 11.8 Å². The van der Waals surface area contributed by atoms with Gasteiger partial charge in [0.15, 0.2) is 11.3 Å². The van der Waals surface area contributed by atoms with Crippen molar-refractivity contribution >= 4 is 23.1 Å². The third-order valence-electron chi connectivity index (χ3n) is 7.95. The third kappa shape index (κ3) is 5.46. The van der Waals surface area contributed by atoms with Crippen molar-refractivity contribution in [2.45, 2.75) is 89.8 Å². The molecule has 3 N–H and O–H groups in total. The number of nitrogens with zero attached hydrogens (tertiary/aromatic N) is 5. The topological polar surface area (TPSA) is 109 Å². The fourth-order valence-corrected chi connectivity index (χ4v) is 5.65. The molecule has 0 bridgehead atoms. The van der Waals surface area contributed by atoms with Crippen LogP contribution in [0.2, 0.25) is 0 Å². The first-order valence-corrected chi connectivity index (χ1v) is 13.3. The Balaban J connectivity index is 0.00000336. The van der Waals surface area contributed by atoms with Gasteiger partial charge in [-0.1, -0.05) is 26.7 Å². The molecule has 2 aliphatic carbocycles. The van der Waals surface area contributed by atoms with E-state index in [1.54, 1.807) is 16.9 Å². The number of aliphatic hydroxyl groups is 1. The normalized spacial score (nSPS) is 24.6. The second kappa shape index (κ2) is 10.7. The van der Waals surface area contributed by atoms with E-state index in [1.807, 2.05) is 0 Å². The summed E-state index contributed by atoms with van der Waals surface area (Å²) in [6, 6.07) is 1.66. The molecule has 0 radical (unpaired) electrons. The molecule has 0 spiro atoms. The number of hydrogen-bond donors (Lipinski definition) is 3. The number of aliphatic hydroxyl groups excluding tert-OH is 1. The van der Waals surface area contributed by atoms with Crippen molar-refractivity contribution < 1.29 is 20.1 Å². The zero-order valence-electron chi connectivity index (χ0n) is 21.3. The van der Waals surface area contributed by atoms with Crippen molar-refractivity contribution in [1.82, 2.24) is 24.4 Å². The van der Waals surface area contributed by atoms with E-state index in [-0.39, 0.29) is 24.8 Å². The lowest BCUT2D eigenvalue weighted by atomic mass is 9.80. The summed E-state index contributed by atoms with van der Waals surface area (Å²) in [6.07, 6.45) is 8.72. The molecule has 9 nitrogen and oxygen atoms in total. The molecule has 0 aromatic carbocycles. The van der Waals surface area contributed by atoms with Gasteiger partial charge in [-0.25, -0.2) is 18.3 Å². The van der Waals surface area contributed by atoms with E-state index in [1.165, 1.54) is 16.9 Å². The number of anilines is 2. The summed E-state index contributed by atoms with van der Waals surface area (Å²) in [5.74, 6) is 1.19. The van der Waals surface area contributed by atoms with Crippen LogP contribution in [0.1, 0.15) is 95.2 Å². The molecule has 1 amide bonds. The average molecular weight is 518 g/mol. The van der Waals surface area contributed by atoms with Crippen molar-refractivity contribution in [2.75, 3.05) is 10.6 Å². The summed E-state index contributed by atoms with van der Waals surface area (Å²) in [4.78, 5) is 17.7. The minimum absolute atomic E-state index is 0. The van der Waals surface area contributed by atoms with Gasteiger partial charge >= 0.3 is 0 Å². The van der Waals surface area contributed by atoms with Gasteiger partial charge in [-0.15, -0.1) is 0 Å². The summed E-state index contributed by atoms with van der Waals surface area (Å²) in [7, 11) is 0. The molecule has 0 unspecified atom stereocenters. The molecule has 0 saturated heterocycles. The molecule has 3 heterocycles. The van der Waals surface area contributed by atoms with Gasteiger partial charge in [0.25, 0.3) is 12.3 Å². The predicted octanol–water partition coefficient (Wildman–Crippen LogP) is 5.46. The smallest absolute Gasteiger partial charge is 0.284 e. The van der Waals surface area contributed by atoms with Gasteiger partial charge in [0.05, 0.1) is 30.1 Å². The van der Waals surface area contributed by atoms with Crippen LogP contribution in [-0.2, 0) is 0 Å². The lowest BCUT2D eigenvalue weighted by Crippen LogP contribution is -2.36. The minimum atomic E-state index is -2.82. The highest BCUT2D eigenvalue weighted by Crippen LogP contribution is 2.37. The highest BCUT2D eigenvalue weighted by Gasteiger charge is 2.29. The van der Waals surface area contributed by atoms with Crippen LogP contribution in [0.5, 0.6) is 0 Å². The van der Waals surface area contributed by atoms with Gasteiger partial charge in [0.1, 0.15) is 11.4 Å². The largest absolute Gasteiger partial charge is 0.391 e. The van der Waals surface area contributed by atoms with Crippen LogP contribution in [0.4, 0.5) is 20.3 Å². The molecule has 2 atom stereocenters. The van der Waals surface area contributed by atoms with Crippen LogP contribution < -0.4 is 10.6 Å². The molecule has 2 fully saturated rings. The molecule has 2 saturated carbocycles. The second-order valence-electron chi connectivity index (χ2n) is 10.7. The third-order valence-corrected chi connectivity index (χ3v) is 7.95. The molecule has 3 aromatic rings. The summed E-state index contributed by atoms with van der Waals surface area (Å²) in [5, 5.41) is 24.5. The lowest BCUT2D eigenvalue weighted by Gasteiger charge is -2.30. The van der Waals surface area contributed by atoms with Crippen molar-refractivity contribution in [3.05, 3.63) is 35.9 Å². The maximum atomic E-state index is 13.8.